The molecule has 1 aromatic carbocycles. The van der Waals surface area contributed by atoms with Crippen molar-refractivity contribution in [3.63, 3.8) is 0 Å². The Hall–Kier alpha value is -2.54. The number of amides is 1. The molecule has 1 atom stereocenters. The number of carbonyl (C=O) groups excluding carboxylic acids is 1. The summed E-state index contributed by atoms with van der Waals surface area (Å²) in [5, 5.41) is 2.98. The normalized spacial score (nSPS) is 16.3. The summed E-state index contributed by atoms with van der Waals surface area (Å²) in [6.07, 6.45) is 3.34. The first-order valence-corrected chi connectivity index (χ1v) is 10.2. The fourth-order valence-electron chi connectivity index (χ4n) is 3.54. The van der Waals surface area contributed by atoms with Gasteiger partial charge in [0.05, 0.1) is 11.8 Å². The quantitative estimate of drug-likeness (QED) is 0.552. The van der Waals surface area contributed by atoms with Crippen molar-refractivity contribution in [3.05, 3.63) is 51.7 Å². The minimum absolute atomic E-state index is 0.0255. The number of carbonyl (C=O) groups is 1. The average molecular weight is 401 g/mol. The van der Waals surface area contributed by atoms with Gasteiger partial charge in [0, 0.05) is 30.2 Å². The third-order valence-electron chi connectivity index (χ3n) is 5.13. The second-order valence-corrected chi connectivity index (χ2v) is 7.69. The number of rotatable bonds is 7. The number of benzene rings is 1. The molecule has 0 spiro atoms. The van der Waals surface area contributed by atoms with Gasteiger partial charge >= 0.3 is 0 Å². The molecule has 1 aliphatic rings. The molecule has 0 aliphatic heterocycles. The molecule has 0 saturated heterocycles. The molecule has 7 heteroatoms. The first kappa shape index (κ1) is 21.2. The lowest BCUT2D eigenvalue weighted by Gasteiger charge is -2.14. The van der Waals surface area contributed by atoms with Gasteiger partial charge in [0.15, 0.2) is 0 Å². The third kappa shape index (κ3) is 5.73. The number of aromatic nitrogens is 2. The molecule has 0 radical (unpaired) electrons. The Kier molecular flexibility index (Phi) is 7.14. The van der Waals surface area contributed by atoms with Crippen LogP contribution in [-0.4, -0.2) is 35.1 Å². The zero-order valence-electron chi connectivity index (χ0n) is 17.0. The van der Waals surface area contributed by atoms with Gasteiger partial charge in [-0.25, -0.2) is 9.37 Å². The van der Waals surface area contributed by atoms with E-state index in [1.165, 1.54) is 12.1 Å². The highest BCUT2D eigenvalue weighted by atomic mass is 19.1. The monoisotopic (exact) mass is 401 g/mol. The Morgan fingerprint density at radius 3 is 2.72 bits per heavy atom. The maximum absolute atomic E-state index is 13.2. The lowest BCUT2D eigenvalue weighted by atomic mass is 9.99. The van der Waals surface area contributed by atoms with E-state index in [-0.39, 0.29) is 29.3 Å². The van der Waals surface area contributed by atoms with Crippen LogP contribution >= 0.6 is 0 Å². The van der Waals surface area contributed by atoms with Crippen molar-refractivity contribution < 1.29 is 13.9 Å². The van der Waals surface area contributed by atoms with Crippen molar-refractivity contribution in [2.75, 3.05) is 13.2 Å². The van der Waals surface area contributed by atoms with Crippen molar-refractivity contribution in [1.29, 1.82) is 0 Å². The number of hydrogen-bond acceptors (Lipinski definition) is 4. The first-order chi connectivity index (χ1) is 13.9. The van der Waals surface area contributed by atoms with Crippen LogP contribution < -0.4 is 10.9 Å². The summed E-state index contributed by atoms with van der Waals surface area (Å²) in [6.45, 7) is 5.18. The molecular weight excluding hydrogens is 373 g/mol. The van der Waals surface area contributed by atoms with E-state index >= 15 is 0 Å². The number of hydrogen-bond donors (Lipinski definition) is 2. The fraction of sp³-hybridized carbons (Fsp3) is 0.500. The van der Waals surface area contributed by atoms with Crippen molar-refractivity contribution in [3.8, 4) is 11.4 Å². The number of aromatic amines is 1. The van der Waals surface area contributed by atoms with Crippen LogP contribution in [0.2, 0.25) is 0 Å². The molecule has 1 aromatic heterocycles. The van der Waals surface area contributed by atoms with Gasteiger partial charge in [-0.05, 0) is 70.2 Å². The summed E-state index contributed by atoms with van der Waals surface area (Å²) in [5.41, 5.74) is 1.86. The topological polar surface area (TPSA) is 84.1 Å². The number of H-pyrrole nitrogens is 1. The SMILES string of the molecule is CC(C)OCCCNC(=O)C1CCc2nc(-c3ccc(F)cc3)[nH]c(=O)c2CC1. The number of ether oxygens (including phenoxy) is 1. The maximum atomic E-state index is 13.2. The second-order valence-electron chi connectivity index (χ2n) is 7.69. The van der Waals surface area contributed by atoms with E-state index < -0.39 is 0 Å². The molecule has 3 rings (SSSR count). The minimum Gasteiger partial charge on any atom is -0.379 e. The van der Waals surface area contributed by atoms with Crippen LogP contribution in [0, 0.1) is 11.7 Å². The molecule has 1 heterocycles. The summed E-state index contributed by atoms with van der Waals surface area (Å²) >= 11 is 0. The van der Waals surface area contributed by atoms with Crippen LogP contribution in [-0.2, 0) is 22.4 Å². The number of fused-ring (bicyclic) bond motifs is 1. The Morgan fingerprint density at radius 2 is 2.00 bits per heavy atom. The Bertz CT molecular complexity index is 893. The van der Waals surface area contributed by atoms with Gasteiger partial charge in [0.1, 0.15) is 11.6 Å². The molecule has 2 N–H and O–H groups in total. The first-order valence-electron chi connectivity index (χ1n) is 10.2. The molecule has 0 saturated carbocycles. The van der Waals surface area contributed by atoms with Crippen LogP contribution in [0.25, 0.3) is 11.4 Å². The van der Waals surface area contributed by atoms with Gasteiger partial charge in [-0.2, -0.15) is 0 Å². The van der Waals surface area contributed by atoms with E-state index in [1.807, 2.05) is 13.8 Å². The van der Waals surface area contributed by atoms with Crippen molar-refractivity contribution in [1.82, 2.24) is 15.3 Å². The predicted octanol–water partition coefficient (Wildman–Crippen LogP) is 3.00. The minimum atomic E-state index is -0.338. The summed E-state index contributed by atoms with van der Waals surface area (Å²) in [4.78, 5) is 32.5. The second kappa shape index (κ2) is 9.78. The van der Waals surface area contributed by atoms with Gasteiger partial charge in [-0.15, -0.1) is 0 Å². The van der Waals surface area contributed by atoms with Crippen molar-refractivity contribution in [2.45, 2.75) is 52.1 Å². The fourth-order valence-corrected chi connectivity index (χ4v) is 3.54. The summed E-state index contributed by atoms with van der Waals surface area (Å²) in [6, 6.07) is 5.87. The highest BCUT2D eigenvalue weighted by Crippen LogP contribution is 2.23. The highest BCUT2D eigenvalue weighted by Gasteiger charge is 2.25. The van der Waals surface area contributed by atoms with E-state index in [0.29, 0.717) is 55.8 Å². The number of nitrogens with zero attached hydrogens (tertiary/aromatic N) is 1. The van der Waals surface area contributed by atoms with E-state index in [1.54, 1.807) is 12.1 Å². The molecule has 0 fully saturated rings. The Balaban J connectivity index is 1.62. The van der Waals surface area contributed by atoms with Gasteiger partial charge < -0.3 is 15.0 Å². The summed E-state index contributed by atoms with van der Waals surface area (Å²) in [5.74, 6) is -0.0151. The average Bonchev–Trinajstić information content (AvgIpc) is 2.91. The molecule has 156 valence electrons. The maximum Gasteiger partial charge on any atom is 0.254 e. The van der Waals surface area contributed by atoms with E-state index in [2.05, 4.69) is 15.3 Å². The van der Waals surface area contributed by atoms with E-state index in [0.717, 1.165) is 12.1 Å². The number of nitrogens with one attached hydrogen (secondary N) is 2. The lowest BCUT2D eigenvalue weighted by Crippen LogP contribution is -2.32. The van der Waals surface area contributed by atoms with Gasteiger partial charge in [-0.1, -0.05) is 0 Å². The van der Waals surface area contributed by atoms with Gasteiger partial charge in [-0.3, -0.25) is 9.59 Å². The van der Waals surface area contributed by atoms with Gasteiger partial charge in [0.2, 0.25) is 5.91 Å². The summed E-state index contributed by atoms with van der Waals surface area (Å²) in [7, 11) is 0. The number of halogens is 1. The largest absolute Gasteiger partial charge is 0.379 e. The molecule has 2 aromatic rings. The molecule has 1 amide bonds. The Labute approximate surface area is 169 Å². The molecule has 29 heavy (non-hydrogen) atoms. The third-order valence-corrected chi connectivity index (χ3v) is 5.13. The van der Waals surface area contributed by atoms with Crippen LogP contribution in [0.1, 0.15) is 44.4 Å². The van der Waals surface area contributed by atoms with Gasteiger partial charge in [0.25, 0.3) is 5.56 Å². The molecule has 0 bridgehead atoms. The van der Waals surface area contributed by atoms with Crippen molar-refractivity contribution >= 4 is 5.91 Å². The highest BCUT2D eigenvalue weighted by molar-refractivity contribution is 5.78. The standard InChI is InChI=1S/C22H28FN3O3/c1-14(2)29-13-3-12-24-21(27)16-6-10-18-19(11-7-16)25-20(26-22(18)28)15-4-8-17(23)9-5-15/h4-5,8-9,14,16H,3,6-7,10-13H2,1-2H3,(H,24,27)(H,25,26,28). The van der Waals surface area contributed by atoms with E-state index in [9.17, 15) is 14.0 Å². The van der Waals surface area contributed by atoms with Crippen molar-refractivity contribution in [2.24, 2.45) is 5.92 Å². The molecule has 1 unspecified atom stereocenters. The van der Waals surface area contributed by atoms with Crippen LogP contribution in [0.15, 0.2) is 29.1 Å². The van der Waals surface area contributed by atoms with Crippen LogP contribution in [0.4, 0.5) is 4.39 Å². The predicted molar refractivity (Wildman–Crippen MR) is 109 cm³/mol. The molecule has 6 nitrogen and oxygen atoms in total. The zero-order chi connectivity index (χ0) is 20.8. The number of aryl methyl sites for hydroxylation is 1. The van der Waals surface area contributed by atoms with E-state index in [4.69, 9.17) is 4.74 Å². The summed E-state index contributed by atoms with van der Waals surface area (Å²) < 4.78 is 18.6. The zero-order valence-corrected chi connectivity index (χ0v) is 17.0. The smallest absolute Gasteiger partial charge is 0.254 e. The van der Waals surface area contributed by atoms with Crippen LogP contribution in [0.5, 0.6) is 0 Å². The molecule has 1 aliphatic carbocycles. The Morgan fingerprint density at radius 1 is 1.28 bits per heavy atom. The van der Waals surface area contributed by atoms with Crippen LogP contribution in [0.3, 0.4) is 0 Å². The lowest BCUT2D eigenvalue weighted by molar-refractivity contribution is -0.125. The molecular formula is C22H28FN3O3.